The van der Waals surface area contributed by atoms with Crippen LogP contribution >= 0.6 is 0 Å². The van der Waals surface area contributed by atoms with Gasteiger partial charge in [-0.1, -0.05) is 19.9 Å². The molecule has 0 spiro atoms. The van der Waals surface area contributed by atoms with Gasteiger partial charge in [0.25, 0.3) is 0 Å². The maximum atomic E-state index is 12.1. The first-order chi connectivity index (χ1) is 9.79. The van der Waals surface area contributed by atoms with E-state index in [1.54, 1.807) is 45.0 Å². The molecule has 0 aromatic heterocycles. The van der Waals surface area contributed by atoms with Crippen LogP contribution in [0, 0.1) is 11.3 Å². The van der Waals surface area contributed by atoms with Gasteiger partial charge in [0, 0.05) is 18.2 Å². The summed E-state index contributed by atoms with van der Waals surface area (Å²) in [5.74, 6) is -0.756. The van der Waals surface area contributed by atoms with Gasteiger partial charge in [-0.3, -0.25) is 9.59 Å². The molecule has 1 rings (SSSR count). The maximum absolute atomic E-state index is 12.1. The van der Waals surface area contributed by atoms with E-state index in [4.69, 9.17) is 4.74 Å². The number of carboxylic acids is 1. The Kier molecular flexibility index (Phi) is 5.76. The summed E-state index contributed by atoms with van der Waals surface area (Å²) < 4.78 is 5.36. The first-order valence-electron chi connectivity index (χ1n) is 7.05. The number of carbonyl (C=O) groups excluding carboxylic acids is 1. The monoisotopic (exact) mass is 293 g/mol. The van der Waals surface area contributed by atoms with Crippen LogP contribution in [0.5, 0.6) is 5.75 Å². The molecule has 0 bridgehead atoms. The number of benzene rings is 1. The average Bonchev–Trinajstić information content (AvgIpc) is 2.38. The van der Waals surface area contributed by atoms with Crippen molar-refractivity contribution >= 4 is 17.6 Å². The van der Waals surface area contributed by atoms with Crippen LogP contribution in [0.2, 0.25) is 0 Å². The smallest absolute Gasteiger partial charge is 0.310 e. The number of carboxylic acid groups (broad SMARTS) is 1. The minimum atomic E-state index is -1.08. The van der Waals surface area contributed by atoms with Crippen LogP contribution in [0.3, 0.4) is 0 Å². The van der Waals surface area contributed by atoms with Crippen molar-refractivity contribution in [3.8, 4) is 5.75 Å². The van der Waals surface area contributed by atoms with Gasteiger partial charge in [0.2, 0.25) is 5.91 Å². The van der Waals surface area contributed by atoms with Gasteiger partial charge in [-0.15, -0.1) is 0 Å². The van der Waals surface area contributed by atoms with Gasteiger partial charge in [0.15, 0.2) is 0 Å². The van der Waals surface area contributed by atoms with Gasteiger partial charge >= 0.3 is 5.97 Å². The van der Waals surface area contributed by atoms with E-state index >= 15 is 0 Å². The summed E-state index contributed by atoms with van der Waals surface area (Å²) in [6, 6.07) is 7.04. The zero-order valence-electron chi connectivity index (χ0n) is 13.0. The van der Waals surface area contributed by atoms with Crippen LogP contribution in [0.4, 0.5) is 5.69 Å². The lowest BCUT2D eigenvalue weighted by Gasteiger charge is -2.28. The Morgan fingerprint density at radius 3 is 2.57 bits per heavy atom. The van der Waals surface area contributed by atoms with E-state index in [9.17, 15) is 14.7 Å². The number of nitrogens with one attached hydrogen (secondary N) is 1. The second-order valence-electron chi connectivity index (χ2n) is 5.56. The van der Waals surface area contributed by atoms with E-state index in [0.717, 1.165) is 0 Å². The molecule has 1 atom stereocenters. The lowest BCUT2D eigenvalue weighted by Crippen LogP contribution is -2.37. The lowest BCUT2D eigenvalue weighted by molar-refractivity contribution is -0.153. The Balaban J connectivity index is 2.77. The summed E-state index contributed by atoms with van der Waals surface area (Å²) in [4.78, 5) is 23.5. The largest absolute Gasteiger partial charge is 0.494 e. The molecule has 2 N–H and O–H groups in total. The number of ether oxygens (including phenoxy) is 1. The third-order valence-electron chi connectivity index (χ3n) is 3.72. The second kappa shape index (κ2) is 7.11. The predicted octanol–water partition coefficient (Wildman–Crippen LogP) is 3.16. The first kappa shape index (κ1) is 17.0. The normalized spacial score (nSPS) is 13.6. The fraction of sp³-hybridized carbons (Fsp3) is 0.500. The van der Waals surface area contributed by atoms with Crippen molar-refractivity contribution in [3.05, 3.63) is 24.3 Å². The summed E-state index contributed by atoms with van der Waals surface area (Å²) in [5, 5.41) is 12.1. The molecule has 0 radical (unpaired) electrons. The molecule has 0 heterocycles. The molecule has 0 saturated carbocycles. The first-order valence-corrected chi connectivity index (χ1v) is 7.05. The van der Waals surface area contributed by atoms with Crippen LogP contribution in [0.15, 0.2) is 24.3 Å². The van der Waals surface area contributed by atoms with Crippen molar-refractivity contribution < 1.29 is 19.4 Å². The van der Waals surface area contributed by atoms with Crippen LogP contribution in [-0.2, 0) is 9.59 Å². The van der Waals surface area contributed by atoms with Crippen LogP contribution in [0.25, 0.3) is 0 Å². The number of aliphatic carboxylic acids is 1. The van der Waals surface area contributed by atoms with Gasteiger partial charge in [0.05, 0.1) is 12.0 Å². The number of hydrogen-bond donors (Lipinski definition) is 2. The highest BCUT2D eigenvalue weighted by atomic mass is 16.5. The fourth-order valence-corrected chi connectivity index (χ4v) is 1.90. The number of rotatable bonds is 7. The van der Waals surface area contributed by atoms with Gasteiger partial charge < -0.3 is 15.2 Å². The minimum absolute atomic E-state index is 0.0706. The highest BCUT2D eigenvalue weighted by Gasteiger charge is 2.38. The Morgan fingerprint density at radius 1 is 1.38 bits per heavy atom. The van der Waals surface area contributed by atoms with E-state index in [2.05, 4.69) is 5.32 Å². The summed E-state index contributed by atoms with van der Waals surface area (Å²) in [6.07, 6.45) is -0.0706. The fourth-order valence-electron chi connectivity index (χ4n) is 1.90. The average molecular weight is 293 g/mol. The van der Waals surface area contributed by atoms with Gasteiger partial charge in [-0.25, -0.2) is 0 Å². The summed E-state index contributed by atoms with van der Waals surface area (Å²) in [6.45, 7) is 7.62. The molecule has 5 heteroatoms. The number of carbonyl (C=O) groups is 2. The van der Waals surface area contributed by atoms with E-state index in [0.29, 0.717) is 18.0 Å². The molecule has 0 aliphatic heterocycles. The molecule has 0 aliphatic rings. The molecule has 1 amide bonds. The summed E-state index contributed by atoms with van der Waals surface area (Å²) in [5.41, 5.74) is -0.482. The highest BCUT2D eigenvalue weighted by Crippen LogP contribution is 2.32. The Bertz CT molecular complexity index is 513. The van der Waals surface area contributed by atoms with Gasteiger partial charge in [-0.2, -0.15) is 0 Å². The van der Waals surface area contributed by atoms with Crippen LogP contribution in [-0.4, -0.2) is 23.6 Å². The molecular formula is C16H23NO4. The number of amides is 1. The topological polar surface area (TPSA) is 75.6 Å². The van der Waals surface area contributed by atoms with E-state index < -0.39 is 11.4 Å². The molecule has 0 fully saturated rings. The molecule has 1 aromatic rings. The molecule has 21 heavy (non-hydrogen) atoms. The molecular weight excluding hydrogens is 270 g/mol. The molecule has 116 valence electrons. The van der Waals surface area contributed by atoms with Crippen molar-refractivity contribution in [1.29, 1.82) is 0 Å². The van der Waals surface area contributed by atoms with Crippen molar-refractivity contribution in [3.63, 3.8) is 0 Å². The van der Waals surface area contributed by atoms with Crippen molar-refractivity contribution in [2.24, 2.45) is 11.3 Å². The third kappa shape index (κ3) is 4.48. The molecule has 0 aliphatic carbocycles. The minimum Gasteiger partial charge on any atom is -0.494 e. The van der Waals surface area contributed by atoms with E-state index in [1.165, 1.54) is 0 Å². The number of anilines is 1. The Hall–Kier alpha value is -2.04. The van der Waals surface area contributed by atoms with Crippen LogP contribution in [0.1, 0.15) is 34.1 Å². The standard InChI is InChI=1S/C16H23NO4/c1-5-21-13-8-6-7-12(9-13)17-14(18)10-16(4,11(2)3)15(19)20/h6-9,11H,5,10H2,1-4H3,(H,17,18)(H,19,20). The second-order valence-corrected chi connectivity index (χ2v) is 5.56. The highest BCUT2D eigenvalue weighted by molar-refractivity contribution is 5.94. The zero-order chi connectivity index (χ0) is 16.0. The molecule has 0 saturated heterocycles. The molecule has 5 nitrogen and oxygen atoms in total. The summed E-state index contributed by atoms with van der Waals surface area (Å²) >= 11 is 0. The third-order valence-corrected chi connectivity index (χ3v) is 3.72. The Labute approximate surface area is 125 Å². The van der Waals surface area contributed by atoms with Crippen molar-refractivity contribution in [2.75, 3.05) is 11.9 Å². The van der Waals surface area contributed by atoms with Gasteiger partial charge in [-0.05, 0) is 31.9 Å². The zero-order valence-corrected chi connectivity index (χ0v) is 13.0. The quantitative estimate of drug-likeness (QED) is 0.809. The molecule has 1 unspecified atom stereocenters. The lowest BCUT2D eigenvalue weighted by atomic mass is 9.76. The SMILES string of the molecule is CCOc1cccc(NC(=O)CC(C)(C(=O)O)C(C)C)c1. The predicted molar refractivity (Wildman–Crippen MR) is 81.4 cm³/mol. The molecule has 1 aromatic carbocycles. The number of hydrogen-bond acceptors (Lipinski definition) is 3. The van der Waals surface area contributed by atoms with E-state index in [-0.39, 0.29) is 18.2 Å². The van der Waals surface area contributed by atoms with Gasteiger partial charge in [0.1, 0.15) is 5.75 Å². The Morgan fingerprint density at radius 2 is 2.05 bits per heavy atom. The maximum Gasteiger partial charge on any atom is 0.310 e. The van der Waals surface area contributed by atoms with Crippen molar-refractivity contribution in [2.45, 2.75) is 34.1 Å². The van der Waals surface area contributed by atoms with Crippen LogP contribution < -0.4 is 10.1 Å². The summed E-state index contributed by atoms with van der Waals surface area (Å²) in [7, 11) is 0. The van der Waals surface area contributed by atoms with Crippen molar-refractivity contribution in [1.82, 2.24) is 0 Å². The van der Waals surface area contributed by atoms with E-state index in [1.807, 2.05) is 6.92 Å².